The van der Waals surface area contributed by atoms with Crippen LogP contribution >= 0.6 is 0 Å². The normalized spacial score (nSPS) is 9.65. The fourth-order valence-corrected chi connectivity index (χ4v) is 1.64. The second kappa shape index (κ2) is 7.13. The molecule has 20 heavy (non-hydrogen) atoms. The standard InChI is InChI=1S/C15H18N2O3/c1-4-8-17(9-5-2)15(20)16-13-10-12(14(18)19)7-6-11(13)3/h4-7,10H,1-2,8-9H2,3H3,(H,16,20)(H,18,19). The molecule has 5 heteroatoms. The number of carbonyl (C=O) groups excluding carboxylic acids is 1. The molecule has 0 heterocycles. The Morgan fingerprint density at radius 1 is 1.30 bits per heavy atom. The number of anilines is 1. The van der Waals surface area contributed by atoms with Crippen LogP contribution < -0.4 is 5.32 Å². The Morgan fingerprint density at radius 3 is 2.40 bits per heavy atom. The number of amides is 2. The molecule has 2 amide bonds. The smallest absolute Gasteiger partial charge is 0.335 e. The summed E-state index contributed by atoms with van der Waals surface area (Å²) in [6.45, 7) is 9.75. The summed E-state index contributed by atoms with van der Waals surface area (Å²) in [4.78, 5) is 24.5. The fourth-order valence-electron chi connectivity index (χ4n) is 1.64. The van der Waals surface area contributed by atoms with Gasteiger partial charge in [0.2, 0.25) is 0 Å². The molecule has 0 bridgehead atoms. The number of nitrogens with zero attached hydrogens (tertiary/aromatic N) is 1. The first kappa shape index (κ1) is 15.5. The van der Waals surface area contributed by atoms with Gasteiger partial charge in [0.05, 0.1) is 5.56 Å². The Bertz CT molecular complexity index is 528. The van der Waals surface area contributed by atoms with Crippen LogP contribution in [0.15, 0.2) is 43.5 Å². The van der Waals surface area contributed by atoms with Gasteiger partial charge in [0, 0.05) is 18.8 Å². The molecule has 1 aromatic carbocycles. The van der Waals surface area contributed by atoms with Gasteiger partial charge in [-0.05, 0) is 24.6 Å². The first-order chi connectivity index (χ1) is 9.49. The van der Waals surface area contributed by atoms with Gasteiger partial charge < -0.3 is 15.3 Å². The Kier molecular flexibility index (Phi) is 5.53. The minimum atomic E-state index is -1.03. The van der Waals surface area contributed by atoms with Crippen molar-refractivity contribution in [1.29, 1.82) is 0 Å². The molecular formula is C15H18N2O3. The summed E-state index contributed by atoms with van der Waals surface area (Å²) in [7, 11) is 0. The van der Waals surface area contributed by atoms with E-state index >= 15 is 0 Å². The van der Waals surface area contributed by atoms with E-state index in [-0.39, 0.29) is 11.6 Å². The Morgan fingerprint density at radius 2 is 1.90 bits per heavy atom. The zero-order valence-electron chi connectivity index (χ0n) is 11.4. The van der Waals surface area contributed by atoms with Crippen LogP contribution in [0.4, 0.5) is 10.5 Å². The fraction of sp³-hybridized carbons (Fsp3) is 0.200. The molecule has 0 saturated heterocycles. The number of nitrogens with one attached hydrogen (secondary N) is 1. The van der Waals surface area contributed by atoms with E-state index in [1.54, 1.807) is 25.1 Å². The highest BCUT2D eigenvalue weighted by Gasteiger charge is 2.13. The van der Waals surface area contributed by atoms with Gasteiger partial charge in [-0.15, -0.1) is 13.2 Å². The number of aromatic carboxylic acids is 1. The molecule has 106 valence electrons. The van der Waals surface area contributed by atoms with Crippen molar-refractivity contribution in [2.24, 2.45) is 0 Å². The van der Waals surface area contributed by atoms with Crippen molar-refractivity contribution in [1.82, 2.24) is 4.90 Å². The molecule has 0 spiro atoms. The maximum atomic E-state index is 12.1. The Balaban J connectivity index is 2.93. The average molecular weight is 274 g/mol. The molecule has 0 unspecified atom stereocenters. The average Bonchev–Trinajstić information content (AvgIpc) is 2.40. The minimum absolute atomic E-state index is 0.130. The number of benzene rings is 1. The van der Waals surface area contributed by atoms with Crippen LogP contribution in [0.1, 0.15) is 15.9 Å². The zero-order chi connectivity index (χ0) is 15.1. The number of rotatable bonds is 6. The van der Waals surface area contributed by atoms with Gasteiger partial charge in [-0.1, -0.05) is 18.2 Å². The van der Waals surface area contributed by atoms with E-state index in [0.29, 0.717) is 18.8 Å². The summed E-state index contributed by atoms with van der Waals surface area (Å²) in [6, 6.07) is 4.27. The van der Waals surface area contributed by atoms with Crippen LogP contribution in [0.2, 0.25) is 0 Å². The second-order valence-electron chi connectivity index (χ2n) is 4.25. The SMILES string of the molecule is C=CCN(CC=C)C(=O)Nc1cc(C(=O)O)ccc1C. The minimum Gasteiger partial charge on any atom is -0.478 e. The molecular weight excluding hydrogens is 256 g/mol. The molecule has 5 nitrogen and oxygen atoms in total. The van der Waals surface area contributed by atoms with Crippen molar-refractivity contribution in [2.75, 3.05) is 18.4 Å². The number of carboxylic acids is 1. The molecule has 1 aromatic rings. The number of hydrogen-bond acceptors (Lipinski definition) is 2. The summed E-state index contributed by atoms with van der Waals surface area (Å²) in [6.07, 6.45) is 3.23. The van der Waals surface area contributed by atoms with Gasteiger partial charge >= 0.3 is 12.0 Å². The van der Waals surface area contributed by atoms with Crippen molar-refractivity contribution in [3.63, 3.8) is 0 Å². The van der Waals surface area contributed by atoms with Gasteiger partial charge in [-0.25, -0.2) is 9.59 Å². The lowest BCUT2D eigenvalue weighted by molar-refractivity contribution is 0.0697. The van der Waals surface area contributed by atoms with Crippen molar-refractivity contribution in [3.8, 4) is 0 Å². The largest absolute Gasteiger partial charge is 0.478 e. The highest BCUT2D eigenvalue weighted by molar-refractivity contribution is 5.94. The number of urea groups is 1. The second-order valence-corrected chi connectivity index (χ2v) is 4.25. The summed E-state index contributed by atoms with van der Waals surface area (Å²) in [5, 5.41) is 11.7. The monoisotopic (exact) mass is 274 g/mol. The third-order valence-electron chi connectivity index (χ3n) is 2.71. The van der Waals surface area contributed by atoms with E-state index in [9.17, 15) is 9.59 Å². The van der Waals surface area contributed by atoms with Gasteiger partial charge in [0.1, 0.15) is 0 Å². The molecule has 2 N–H and O–H groups in total. The van der Waals surface area contributed by atoms with E-state index in [1.807, 2.05) is 0 Å². The topological polar surface area (TPSA) is 69.6 Å². The van der Waals surface area contributed by atoms with Crippen LogP contribution in [-0.2, 0) is 0 Å². The van der Waals surface area contributed by atoms with E-state index in [2.05, 4.69) is 18.5 Å². The summed E-state index contributed by atoms with van der Waals surface area (Å²) in [5.41, 5.74) is 1.40. The molecule has 0 fully saturated rings. The van der Waals surface area contributed by atoms with Crippen LogP contribution in [-0.4, -0.2) is 35.1 Å². The molecule has 0 aliphatic rings. The number of carbonyl (C=O) groups is 2. The molecule has 0 radical (unpaired) electrons. The van der Waals surface area contributed by atoms with Crippen LogP contribution in [0, 0.1) is 6.92 Å². The van der Waals surface area contributed by atoms with E-state index in [4.69, 9.17) is 5.11 Å². The third kappa shape index (κ3) is 3.98. The Hall–Kier alpha value is -2.56. The van der Waals surface area contributed by atoms with E-state index in [1.165, 1.54) is 17.0 Å². The van der Waals surface area contributed by atoms with E-state index in [0.717, 1.165) is 5.56 Å². The first-order valence-electron chi connectivity index (χ1n) is 6.11. The third-order valence-corrected chi connectivity index (χ3v) is 2.71. The maximum absolute atomic E-state index is 12.1. The lowest BCUT2D eigenvalue weighted by atomic mass is 10.1. The highest BCUT2D eigenvalue weighted by atomic mass is 16.4. The number of hydrogen-bond donors (Lipinski definition) is 2. The first-order valence-corrected chi connectivity index (χ1v) is 6.11. The van der Waals surface area contributed by atoms with E-state index < -0.39 is 5.97 Å². The van der Waals surface area contributed by atoms with Crippen LogP contribution in [0.5, 0.6) is 0 Å². The maximum Gasteiger partial charge on any atom is 0.335 e. The predicted molar refractivity (Wildman–Crippen MR) is 79.1 cm³/mol. The number of aryl methyl sites for hydroxylation is 1. The molecule has 1 rings (SSSR count). The molecule has 0 aliphatic heterocycles. The summed E-state index contributed by atoms with van der Waals surface area (Å²) >= 11 is 0. The quantitative estimate of drug-likeness (QED) is 0.784. The van der Waals surface area contributed by atoms with Crippen LogP contribution in [0.3, 0.4) is 0 Å². The van der Waals surface area contributed by atoms with Crippen molar-refractivity contribution < 1.29 is 14.7 Å². The molecule has 0 atom stereocenters. The van der Waals surface area contributed by atoms with Crippen molar-refractivity contribution in [2.45, 2.75) is 6.92 Å². The summed E-state index contributed by atoms with van der Waals surface area (Å²) < 4.78 is 0. The molecule has 0 saturated carbocycles. The zero-order valence-corrected chi connectivity index (χ0v) is 11.4. The summed E-state index contributed by atoms with van der Waals surface area (Å²) in [5.74, 6) is -1.03. The lowest BCUT2D eigenvalue weighted by Gasteiger charge is -2.20. The van der Waals surface area contributed by atoms with Gasteiger partial charge in [0.15, 0.2) is 0 Å². The lowest BCUT2D eigenvalue weighted by Crippen LogP contribution is -2.35. The molecule has 0 aliphatic carbocycles. The molecule has 0 aromatic heterocycles. The van der Waals surface area contributed by atoms with Gasteiger partial charge in [-0.3, -0.25) is 0 Å². The van der Waals surface area contributed by atoms with Gasteiger partial charge in [-0.2, -0.15) is 0 Å². The van der Waals surface area contributed by atoms with Crippen molar-refractivity contribution >= 4 is 17.7 Å². The predicted octanol–water partition coefficient (Wildman–Crippen LogP) is 2.90. The highest BCUT2D eigenvalue weighted by Crippen LogP contribution is 2.17. The Labute approximate surface area is 118 Å². The van der Waals surface area contributed by atoms with Crippen LogP contribution in [0.25, 0.3) is 0 Å². The van der Waals surface area contributed by atoms with Gasteiger partial charge in [0.25, 0.3) is 0 Å². The van der Waals surface area contributed by atoms with Crippen molar-refractivity contribution in [3.05, 3.63) is 54.6 Å². The number of carboxylic acid groups (broad SMARTS) is 1.